The third-order valence-corrected chi connectivity index (χ3v) is 4.73. The summed E-state index contributed by atoms with van der Waals surface area (Å²) in [7, 11) is 0. The van der Waals surface area contributed by atoms with Gasteiger partial charge in [-0.3, -0.25) is 0 Å². The second-order valence-corrected chi connectivity index (χ2v) is 6.27. The maximum absolute atomic E-state index is 4.19. The van der Waals surface area contributed by atoms with Crippen molar-refractivity contribution in [3.63, 3.8) is 0 Å². The van der Waals surface area contributed by atoms with Crippen molar-refractivity contribution in [2.45, 2.75) is 44.7 Å². The number of hydrogen-bond acceptors (Lipinski definition) is 2. The Morgan fingerprint density at radius 2 is 1.89 bits per heavy atom. The smallest absolute Gasteiger partial charge is 0.0649 e. The van der Waals surface area contributed by atoms with E-state index < -0.39 is 0 Å². The van der Waals surface area contributed by atoms with Crippen molar-refractivity contribution in [2.75, 3.05) is 13.1 Å². The van der Waals surface area contributed by atoms with Gasteiger partial charge >= 0.3 is 0 Å². The molecule has 1 aromatic carbocycles. The molecule has 19 heavy (non-hydrogen) atoms. The Hall–Kier alpha value is -1.28. The molecule has 0 bridgehead atoms. The third kappa shape index (κ3) is 2.18. The molecule has 1 N–H and O–H groups in total. The summed E-state index contributed by atoms with van der Waals surface area (Å²) in [6, 6.07) is 9.54. The van der Waals surface area contributed by atoms with Crippen molar-refractivity contribution in [3.05, 3.63) is 47.7 Å². The Morgan fingerprint density at radius 3 is 2.58 bits per heavy atom. The molecule has 0 amide bonds. The lowest BCUT2D eigenvalue weighted by Crippen LogP contribution is -2.54. The Balaban J connectivity index is 1.91. The van der Waals surface area contributed by atoms with Crippen molar-refractivity contribution >= 4 is 0 Å². The van der Waals surface area contributed by atoms with Crippen LogP contribution in [-0.4, -0.2) is 24.0 Å². The van der Waals surface area contributed by atoms with E-state index in [1.54, 1.807) is 0 Å². The molecule has 3 rings (SSSR count). The van der Waals surface area contributed by atoms with Crippen LogP contribution in [-0.2, 0) is 12.0 Å². The molecule has 0 aliphatic carbocycles. The molecule has 0 aromatic heterocycles. The lowest BCUT2D eigenvalue weighted by Gasteiger charge is -2.48. The van der Waals surface area contributed by atoms with Crippen LogP contribution < -0.4 is 5.32 Å². The normalized spacial score (nSPS) is 22.4. The van der Waals surface area contributed by atoms with Crippen molar-refractivity contribution in [3.8, 4) is 0 Å². The molecule has 1 aromatic rings. The van der Waals surface area contributed by atoms with E-state index in [0.29, 0.717) is 6.04 Å². The highest BCUT2D eigenvalue weighted by Crippen LogP contribution is 2.39. The summed E-state index contributed by atoms with van der Waals surface area (Å²) in [6.07, 6.45) is 3.34. The highest BCUT2D eigenvalue weighted by molar-refractivity contribution is 5.41. The Kier molecular flexibility index (Phi) is 3.14. The minimum Gasteiger partial charge on any atom is -0.379 e. The quantitative estimate of drug-likeness (QED) is 0.831. The molecule has 2 nitrogen and oxygen atoms in total. The zero-order chi connectivity index (χ0) is 13.5. The van der Waals surface area contributed by atoms with E-state index in [9.17, 15) is 0 Å². The lowest BCUT2D eigenvalue weighted by molar-refractivity contribution is 0.112. The molecule has 0 saturated carbocycles. The van der Waals surface area contributed by atoms with Crippen molar-refractivity contribution < 1.29 is 0 Å². The van der Waals surface area contributed by atoms with Gasteiger partial charge in [0.15, 0.2) is 0 Å². The highest BCUT2D eigenvalue weighted by Gasteiger charge is 2.40. The van der Waals surface area contributed by atoms with Crippen LogP contribution in [0.2, 0.25) is 0 Å². The number of benzene rings is 1. The van der Waals surface area contributed by atoms with Gasteiger partial charge in [0.2, 0.25) is 0 Å². The first-order chi connectivity index (χ1) is 9.11. The molecule has 2 aliphatic heterocycles. The molecule has 1 spiro atoms. The first-order valence-corrected chi connectivity index (χ1v) is 7.39. The highest BCUT2D eigenvalue weighted by atomic mass is 15.2. The summed E-state index contributed by atoms with van der Waals surface area (Å²) >= 11 is 0. The van der Waals surface area contributed by atoms with Crippen LogP contribution >= 0.6 is 0 Å². The van der Waals surface area contributed by atoms with E-state index in [2.05, 4.69) is 54.9 Å². The summed E-state index contributed by atoms with van der Waals surface area (Å²) in [5, 5.41) is 3.73. The van der Waals surface area contributed by atoms with Crippen LogP contribution in [0.25, 0.3) is 0 Å². The van der Waals surface area contributed by atoms with E-state index in [0.717, 1.165) is 6.42 Å². The summed E-state index contributed by atoms with van der Waals surface area (Å²) in [5.74, 6) is 0. The minimum atomic E-state index is 0.136. The zero-order valence-electron chi connectivity index (χ0n) is 12.1. The van der Waals surface area contributed by atoms with Gasteiger partial charge in [-0.15, -0.1) is 0 Å². The van der Waals surface area contributed by atoms with Crippen LogP contribution in [0.1, 0.15) is 37.8 Å². The number of hydrogen-bond donors (Lipinski definition) is 1. The van der Waals surface area contributed by atoms with E-state index in [1.807, 2.05) is 0 Å². The number of nitrogens with one attached hydrogen (secondary N) is 1. The van der Waals surface area contributed by atoms with Crippen molar-refractivity contribution in [1.82, 2.24) is 10.2 Å². The fourth-order valence-electron chi connectivity index (χ4n) is 3.64. The maximum Gasteiger partial charge on any atom is 0.0649 e. The van der Waals surface area contributed by atoms with Gasteiger partial charge in [-0.25, -0.2) is 0 Å². The molecule has 2 heteroatoms. The van der Waals surface area contributed by atoms with E-state index in [1.165, 1.54) is 42.8 Å². The van der Waals surface area contributed by atoms with E-state index in [-0.39, 0.29) is 5.54 Å². The maximum atomic E-state index is 4.19. The molecular formula is C17H24N2. The van der Waals surface area contributed by atoms with Gasteiger partial charge in [-0.05, 0) is 37.8 Å². The van der Waals surface area contributed by atoms with Crippen molar-refractivity contribution in [1.29, 1.82) is 0 Å². The number of nitrogens with zero attached hydrogens (tertiary/aromatic N) is 1. The van der Waals surface area contributed by atoms with E-state index in [4.69, 9.17) is 0 Å². The first-order valence-electron chi connectivity index (χ1n) is 7.39. The summed E-state index contributed by atoms with van der Waals surface area (Å²) in [4.78, 5) is 2.58. The minimum absolute atomic E-state index is 0.136. The molecule has 0 atom stereocenters. The first kappa shape index (κ1) is 12.7. The molecular weight excluding hydrogens is 232 g/mol. The predicted octanol–water partition coefficient (Wildman–Crippen LogP) is 3.05. The molecule has 2 aliphatic rings. The van der Waals surface area contributed by atoms with Gasteiger partial charge in [0.25, 0.3) is 0 Å². The van der Waals surface area contributed by atoms with Gasteiger partial charge in [0.1, 0.15) is 0 Å². The zero-order valence-corrected chi connectivity index (χ0v) is 12.1. The van der Waals surface area contributed by atoms with Gasteiger partial charge in [0, 0.05) is 31.2 Å². The topological polar surface area (TPSA) is 15.3 Å². The predicted molar refractivity (Wildman–Crippen MR) is 80.0 cm³/mol. The van der Waals surface area contributed by atoms with Crippen LogP contribution in [0.3, 0.4) is 0 Å². The number of piperidine rings is 1. The fraction of sp³-hybridized carbons (Fsp3) is 0.529. The molecule has 102 valence electrons. The molecule has 0 radical (unpaired) electrons. The second kappa shape index (κ2) is 4.68. The molecule has 1 saturated heterocycles. The van der Waals surface area contributed by atoms with Gasteiger partial charge < -0.3 is 10.2 Å². The lowest BCUT2D eigenvalue weighted by atomic mass is 9.75. The van der Waals surface area contributed by atoms with Crippen LogP contribution in [0.5, 0.6) is 0 Å². The van der Waals surface area contributed by atoms with Gasteiger partial charge in [-0.2, -0.15) is 0 Å². The number of rotatable bonds is 1. The number of likely N-dealkylation sites (tertiary alicyclic amines) is 1. The van der Waals surface area contributed by atoms with Crippen LogP contribution in [0.15, 0.2) is 36.5 Å². The van der Waals surface area contributed by atoms with Crippen LogP contribution in [0, 0.1) is 0 Å². The standard InChI is InChI=1S/C17H24N2/c1-13(2)19-10-8-17(9-11-19)16-7-5-4-6-15(16)12-14(3)18-17/h4-7,13,18H,3,8-12H2,1-2H3. The third-order valence-electron chi connectivity index (χ3n) is 4.73. The second-order valence-electron chi connectivity index (χ2n) is 6.27. The van der Waals surface area contributed by atoms with Gasteiger partial charge in [-0.1, -0.05) is 30.8 Å². The summed E-state index contributed by atoms with van der Waals surface area (Å²) in [5.41, 5.74) is 4.28. The van der Waals surface area contributed by atoms with Crippen molar-refractivity contribution in [2.24, 2.45) is 0 Å². The Morgan fingerprint density at radius 1 is 1.21 bits per heavy atom. The van der Waals surface area contributed by atoms with Crippen LogP contribution in [0.4, 0.5) is 0 Å². The molecule has 2 heterocycles. The van der Waals surface area contributed by atoms with E-state index >= 15 is 0 Å². The Bertz CT molecular complexity index is 482. The average Bonchev–Trinajstić information content (AvgIpc) is 2.39. The average molecular weight is 256 g/mol. The molecule has 0 unspecified atom stereocenters. The SMILES string of the molecule is C=C1Cc2ccccc2C2(CCN(C(C)C)CC2)N1. The number of fused-ring (bicyclic) bond motifs is 2. The largest absolute Gasteiger partial charge is 0.379 e. The number of allylic oxidation sites excluding steroid dienone is 1. The monoisotopic (exact) mass is 256 g/mol. The molecule has 1 fully saturated rings. The fourth-order valence-corrected chi connectivity index (χ4v) is 3.64. The summed E-state index contributed by atoms with van der Waals surface area (Å²) in [6.45, 7) is 11.1. The summed E-state index contributed by atoms with van der Waals surface area (Å²) < 4.78 is 0. The Labute approximate surface area is 116 Å². The van der Waals surface area contributed by atoms with Gasteiger partial charge in [0.05, 0.1) is 5.54 Å².